The minimum Gasteiger partial charge on any atom is -0.354 e. The molecule has 0 aliphatic heterocycles. The highest BCUT2D eigenvalue weighted by Gasteiger charge is 2.01. The molecular weight excluding hydrogens is 242 g/mol. The van der Waals surface area contributed by atoms with Crippen molar-refractivity contribution in [3.63, 3.8) is 0 Å². The quantitative estimate of drug-likeness (QED) is 0.767. The predicted octanol–water partition coefficient (Wildman–Crippen LogP) is 4.89. The first kappa shape index (κ1) is 12.5. The zero-order valence-electron chi connectivity index (χ0n) is 9.94. The second-order valence-corrected chi connectivity index (χ2v) is 4.32. The third-order valence-electron chi connectivity index (χ3n) is 2.46. The molecule has 2 rings (SSSR count). The summed E-state index contributed by atoms with van der Waals surface area (Å²) in [6.45, 7) is 3.78. The highest BCUT2D eigenvalue weighted by Crippen LogP contribution is 2.19. The van der Waals surface area contributed by atoms with Gasteiger partial charge >= 0.3 is 0 Å². The molecule has 0 heterocycles. The van der Waals surface area contributed by atoms with Crippen molar-refractivity contribution in [1.82, 2.24) is 0 Å². The van der Waals surface area contributed by atoms with Gasteiger partial charge in [0.05, 0.1) is 10.7 Å². The summed E-state index contributed by atoms with van der Waals surface area (Å²) in [6, 6.07) is 19.9. The van der Waals surface area contributed by atoms with Gasteiger partial charge in [-0.25, -0.2) is 0 Å². The molecule has 90 valence electrons. The van der Waals surface area contributed by atoms with Crippen LogP contribution < -0.4 is 5.32 Å². The van der Waals surface area contributed by atoms with Crippen LogP contribution in [0.15, 0.2) is 78.0 Å². The second-order valence-electron chi connectivity index (χ2n) is 3.86. The van der Waals surface area contributed by atoms with Crippen molar-refractivity contribution in [2.75, 3.05) is 5.32 Å². The van der Waals surface area contributed by atoms with Crippen LogP contribution in [0.3, 0.4) is 0 Å². The van der Waals surface area contributed by atoms with Gasteiger partial charge in [-0.05, 0) is 23.8 Å². The molecule has 0 bridgehead atoms. The van der Waals surface area contributed by atoms with E-state index in [0.717, 1.165) is 16.9 Å². The number of anilines is 1. The zero-order valence-corrected chi connectivity index (χ0v) is 10.7. The van der Waals surface area contributed by atoms with Crippen molar-refractivity contribution in [3.8, 4) is 0 Å². The number of hydrogen-bond donors (Lipinski definition) is 1. The number of allylic oxidation sites excluding steroid dienone is 1. The lowest BCUT2D eigenvalue weighted by Gasteiger charge is -2.09. The van der Waals surface area contributed by atoms with Gasteiger partial charge < -0.3 is 5.32 Å². The summed E-state index contributed by atoms with van der Waals surface area (Å²) < 4.78 is 0. The lowest BCUT2D eigenvalue weighted by molar-refractivity contribution is 1.48. The van der Waals surface area contributed by atoms with Crippen LogP contribution in [0.25, 0.3) is 6.08 Å². The van der Waals surface area contributed by atoms with E-state index in [1.54, 1.807) is 0 Å². The van der Waals surface area contributed by atoms with Crippen molar-refractivity contribution in [2.45, 2.75) is 0 Å². The number of nitrogens with one attached hydrogen (secondary N) is 1. The van der Waals surface area contributed by atoms with Gasteiger partial charge in [0, 0.05) is 5.69 Å². The fraction of sp³-hybridized carbons (Fsp3) is 0. The average Bonchev–Trinajstić information content (AvgIpc) is 2.40. The molecule has 0 fully saturated rings. The Labute approximate surface area is 112 Å². The molecule has 0 spiro atoms. The van der Waals surface area contributed by atoms with Gasteiger partial charge in [0.25, 0.3) is 0 Å². The van der Waals surface area contributed by atoms with Crippen molar-refractivity contribution >= 4 is 23.4 Å². The molecule has 0 amide bonds. The highest BCUT2D eigenvalue weighted by atomic mass is 35.5. The molecule has 2 aromatic carbocycles. The van der Waals surface area contributed by atoms with Gasteiger partial charge in [0.2, 0.25) is 0 Å². The Bertz CT molecular complexity index is 544. The maximum atomic E-state index is 6.02. The molecule has 0 aliphatic rings. The Morgan fingerprint density at radius 2 is 1.50 bits per heavy atom. The number of hydrogen-bond acceptors (Lipinski definition) is 1. The van der Waals surface area contributed by atoms with Crippen LogP contribution in [0.1, 0.15) is 5.56 Å². The molecule has 0 aromatic heterocycles. The monoisotopic (exact) mass is 255 g/mol. The SMILES string of the molecule is C=C(Cl)C(=Cc1ccccc1)Nc1ccccc1. The summed E-state index contributed by atoms with van der Waals surface area (Å²) in [6.07, 6.45) is 1.97. The summed E-state index contributed by atoms with van der Waals surface area (Å²) >= 11 is 6.02. The van der Waals surface area contributed by atoms with Crippen LogP contribution >= 0.6 is 11.6 Å². The second kappa shape index (κ2) is 6.08. The number of para-hydroxylation sites is 1. The number of rotatable bonds is 4. The Balaban J connectivity index is 2.25. The normalized spacial score (nSPS) is 11.1. The fourth-order valence-corrected chi connectivity index (χ4v) is 1.68. The van der Waals surface area contributed by atoms with Crippen molar-refractivity contribution in [2.24, 2.45) is 0 Å². The molecule has 2 heteroatoms. The summed E-state index contributed by atoms with van der Waals surface area (Å²) in [5.74, 6) is 0. The van der Waals surface area contributed by atoms with Crippen molar-refractivity contribution in [3.05, 3.63) is 83.5 Å². The van der Waals surface area contributed by atoms with E-state index in [4.69, 9.17) is 11.6 Å². The lowest BCUT2D eigenvalue weighted by Crippen LogP contribution is -1.98. The fourth-order valence-electron chi connectivity index (χ4n) is 1.58. The van der Waals surface area contributed by atoms with Gasteiger partial charge in [0.15, 0.2) is 0 Å². The first-order valence-electron chi connectivity index (χ1n) is 5.69. The molecule has 1 nitrogen and oxygen atoms in total. The van der Waals surface area contributed by atoms with E-state index in [1.165, 1.54) is 0 Å². The molecule has 0 unspecified atom stereocenters. The van der Waals surface area contributed by atoms with Crippen LogP contribution in [0.5, 0.6) is 0 Å². The molecule has 0 saturated heterocycles. The molecule has 0 atom stereocenters. The minimum atomic E-state index is 0.489. The van der Waals surface area contributed by atoms with E-state index >= 15 is 0 Å². The zero-order chi connectivity index (χ0) is 12.8. The predicted molar refractivity (Wildman–Crippen MR) is 79.5 cm³/mol. The van der Waals surface area contributed by atoms with E-state index in [9.17, 15) is 0 Å². The Morgan fingerprint density at radius 3 is 2.06 bits per heavy atom. The van der Waals surface area contributed by atoms with Crippen molar-refractivity contribution in [1.29, 1.82) is 0 Å². The largest absolute Gasteiger partial charge is 0.354 e. The Hall–Kier alpha value is -1.99. The summed E-state index contributed by atoms with van der Waals surface area (Å²) in [5, 5.41) is 3.75. The van der Waals surface area contributed by atoms with Crippen molar-refractivity contribution < 1.29 is 0 Å². The Kier molecular flexibility index (Phi) is 4.21. The van der Waals surface area contributed by atoms with Gasteiger partial charge in [-0.3, -0.25) is 0 Å². The molecule has 2 aromatic rings. The lowest BCUT2D eigenvalue weighted by atomic mass is 10.2. The first-order chi connectivity index (χ1) is 8.75. The van der Waals surface area contributed by atoms with Gasteiger partial charge in [0.1, 0.15) is 0 Å². The first-order valence-corrected chi connectivity index (χ1v) is 6.07. The summed E-state index contributed by atoms with van der Waals surface area (Å²) in [4.78, 5) is 0. The molecule has 18 heavy (non-hydrogen) atoms. The Morgan fingerprint density at radius 1 is 0.944 bits per heavy atom. The van der Waals surface area contributed by atoms with Crippen LogP contribution in [-0.4, -0.2) is 0 Å². The van der Waals surface area contributed by atoms with Crippen LogP contribution in [0.2, 0.25) is 0 Å². The highest BCUT2D eigenvalue weighted by molar-refractivity contribution is 6.32. The summed E-state index contributed by atoms with van der Waals surface area (Å²) in [7, 11) is 0. The molecular formula is C16H14ClN. The number of benzene rings is 2. The van der Waals surface area contributed by atoms with Crippen LogP contribution in [0, 0.1) is 0 Å². The minimum absolute atomic E-state index is 0.489. The topological polar surface area (TPSA) is 12.0 Å². The van der Waals surface area contributed by atoms with E-state index in [2.05, 4.69) is 11.9 Å². The number of halogens is 1. The van der Waals surface area contributed by atoms with E-state index in [0.29, 0.717) is 5.03 Å². The van der Waals surface area contributed by atoms with E-state index in [1.807, 2.05) is 66.7 Å². The smallest absolute Gasteiger partial charge is 0.0573 e. The molecule has 0 aliphatic carbocycles. The standard InChI is InChI=1S/C16H14ClN/c1-13(17)16(12-14-8-4-2-5-9-14)18-15-10-6-3-7-11-15/h2-12,18H,1H2. The third kappa shape index (κ3) is 3.51. The van der Waals surface area contributed by atoms with E-state index in [-0.39, 0.29) is 0 Å². The van der Waals surface area contributed by atoms with Crippen LogP contribution in [-0.2, 0) is 0 Å². The third-order valence-corrected chi connectivity index (χ3v) is 2.66. The van der Waals surface area contributed by atoms with Gasteiger partial charge in [-0.15, -0.1) is 0 Å². The van der Waals surface area contributed by atoms with Gasteiger partial charge in [-0.1, -0.05) is 66.7 Å². The maximum Gasteiger partial charge on any atom is 0.0573 e. The molecule has 1 N–H and O–H groups in total. The molecule has 0 saturated carbocycles. The summed E-state index contributed by atoms with van der Waals surface area (Å²) in [5.41, 5.74) is 2.87. The average molecular weight is 256 g/mol. The van der Waals surface area contributed by atoms with E-state index < -0.39 is 0 Å². The molecule has 0 radical (unpaired) electrons. The van der Waals surface area contributed by atoms with Gasteiger partial charge in [-0.2, -0.15) is 0 Å². The van der Waals surface area contributed by atoms with Crippen LogP contribution in [0.4, 0.5) is 5.69 Å². The maximum absolute atomic E-state index is 6.02.